The molecule has 206 valence electrons. The molecule has 9 nitrogen and oxygen atoms in total. The largest absolute Gasteiger partial charge is 0.573 e. The van der Waals surface area contributed by atoms with Crippen LogP contribution in [0.25, 0.3) is 0 Å². The second kappa shape index (κ2) is 11.1. The average molecular weight is 585 g/mol. The monoisotopic (exact) mass is 584 g/mol. The number of carbonyl (C=O) groups is 3. The number of nitrogens with zero attached hydrogens (tertiary/aromatic N) is 2. The lowest BCUT2D eigenvalue weighted by Crippen LogP contribution is -2.52. The van der Waals surface area contributed by atoms with E-state index in [2.05, 4.69) is 15.0 Å². The Kier molecular flexibility index (Phi) is 8.07. The molecule has 3 N–H and O–H groups in total. The van der Waals surface area contributed by atoms with Gasteiger partial charge in [-0.25, -0.2) is 0 Å². The zero-order chi connectivity index (χ0) is 28.5. The van der Waals surface area contributed by atoms with Crippen LogP contribution in [0.2, 0.25) is 10.0 Å². The topological polar surface area (TPSA) is 123 Å². The third kappa shape index (κ3) is 6.63. The fourth-order valence-electron chi connectivity index (χ4n) is 4.21. The molecule has 3 amide bonds. The number of fused-ring (bicyclic) bond motifs is 1. The molecule has 0 aliphatic carbocycles. The molecular weight excluding hydrogens is 564 g/mol. The molecule has 2 heterocycles. The molecule has 0 spiro atoms. The molecule has 2 aromatic carbocycles. The summed E-state index contributed by atoms with van der Waals surface area (Å²) in [6.07, 6.45) is -3.05. The summed E-state index contributed by atoms with van der Waals surface area (Å²) in [6.45, 7) is 1.62. The van der Waals surface area contributed by atoms with Crippen molar-refractivity contribution in [1.29, 1.82) is 0 Å². The Bertz CT molecular complexity index is 1390. The lowest BCUT2D eigenvalue weighted by molar-refractivity contribution is -0.274. The van der Waals surface area contributed by atoms with Gasteiger partial charge >= 0.3 is 6.36 Å². The lowest BCUT2D eigenvalue weighted by Gasteiger charge is -2.29. The van der Waals surface area contributed by atoms with Crippen molar-refractivity contribution in [2.75, 3.05) is 6.61 Å². The van der Waals surface area contributed by atoms with Gasteiger partial charge in [-0.2, -0.15) is 0 Å². The zero-order valence-corrected chi connectivity index (χ0v) is 21.8. The quantitative estimate of drug-likeness (QED) is 0.360. The molecule has 2 aliphatic rings. The minimum Gasteiger partial charge on any atom is -0.487 e. The first-order chi connectivity index (χ1) is 18.3. The maximum Gasteiger partial charge on any atom is 0.573 e. The maximum atomic E-state index is 12.9. The number of halogens is 5. The fraction of sp³-hybridized carbons (Fsp3) is 0.280. The Morgan fingerprint density at radius 2 is 1.92 bits per heavy atom. The van der Waals surface area contributed by atoms with Gasteiger partial charge in [0.15, 0.2) is 0 Å². The maximum absolute atomic E-state index is 12.9. The van der Waals surface area contributed by atoms with Gasteiger partial charge in [-0.3, -0.25) is 24.7 Å². The predicted octanol–water partition coefficient (Wildman–Crippen LogP) is 4.67. The summed E-state index contributed by atoms with van der Waals surface area (Å²) in [7, 11) is 0. The molecule has 39 heavy (non-hydrogen) atoms. The normalized spacial score (nSPS) is 18.3. The number of allylic oxidation sites excluding steroid dienone is 1. The third-order valence-corrected chi connectivity index (χ3v) is 6.42. The highest BCUT2D eigenvalue weighted by atomic mass is 35.5. The molecule has 0 bridgehead atoms. The Hall–Kier alpha value is -3.77. The molecule has 1 saturated heterocycles. The van der Waals surface area contributed by atoms with Crippen molar-refractivity contribution in [3.63, 3.8) is 0 Å². The van der Waals surface area contributed by atoms with E-state index in [-0.39, 0.29) is 59.2 Å². The standard InChI is InChI=1S/C25H21Cl2F3N4O5/c1-12(32-22-17(26)8-14(9-18(22)27)39-25(28,29)30)7-13(31)11-38-20-4-2-3-15-16(20)10-34(24(15)37)19-5-6-21(35)33-23(19)36/h2-4,7-9,19H,5-6,10-11,31H2,1H3,(H,33,35,36). The van der Waals surface area contributed by atoms with Crippen LogP contribution in [-0.4, -0.2) is 47.3 Å². The zero-order valence-electron chi connectivity index (χ0n) is 20.3. The first-order valence-electron chi connectivity index (χ1n) is 11.5. The van der Waals surface area contributed by atoms with Crippen LogP contribution in [0.15, 0.2) is 47.1 Å². The van der Waals surface area contributed by atoms with Crippen molar-refractivity contribution in [3.8, 4) is 11.5 Å². The van der Waals surface area contributed by atoms with E-state index in [4.69, 9.17) is 33.7 Å². The number of ether oxygens (including phenoxy) is 2. The van der Waals surface area contributed by atoms with Crippen LogP contribution in [0, 0.1) is 0 Å². The second-order valence-corrected chi connectivity index (χ2v) is 9.54. The van der Waals surface area contributed by atoms with Crippen LogP contribution in [-0.2, 0) is 16.1 Å². The van der Waals surface area contributed by atoms with E-state index >= 15 is 0 Å². The van der Waals surface area contributed by atoms with Gasteiger partial charge < -0.3 is 20.1 Å². The van der Waals surface area contributed by atoms with Crippen molar-refractivity contribution >= 4 is 52.3 Å². The minimum absolute atomic E-state index is 0.0308. The van der Waals surface area contributed by atoms with Crippen molar-refractivity contribution < 1.29 is 37.0 Å². The van der Waals surface area contributed by atoms with E-state index in [0.29, 0.717) is 22.6 Å². The van der Waals surface area contributed by atoms with Gasteiger partial charge in [-0.15, -0.1) is 13.2 Å². The molecule has 2 aromatic rings. The van der Waals surface area contributed by atoms with Gasteiger partial charge in [0.1, 0.15) is 29.8 Å². The summed E-state index contributed by atoms with van der Waals surface area (Å²) in [4.78, 5) is 42.3. The summed E-state index contributed by atoms with van der Waals surface area (Å²) < 4.78 is 47.1. The summed E-state index contributed by atoms with van der Waals surface area (Å²) in [5, 5.41) is 1.94. The minimum atomic E-state index is -4.90. The highest BCUT2D eigenvalue weighted by molar-refractivity contribution is 6.39. The van der Waals surface area contributed by atoms with Crippen LogP contribution >= 0.6 is 23.2 Å². The summed E-state index contributed by atoms with van der Waals surface area (Å²) in [5.74, 6) is -1.41. The number of piperidine rings is 1. The molecule has 2 aliphatic heterocycles. The van der Waals surface area contributed by atoms with Gasteiger partial charge in [-0.1, -0.05) is 29.3 Å². The van der Waals surface area contributed by atoms with E-state index in [1.54, 1.807) is 25.1 Å². The van der Waals surface area contributed by atoms with Crippen LogP contribution in [0.3, 0.4) is 0 Å². The first kappa shape index (κ1) is 28.2. The number of benzene rings is 2. The van der Waals surface area contributed by atoms with Gasteiger partial charge in [0.2, 0.25) is 11.8 Å². The van der Waals surface area contributed by atoms with Crippen molar-refractivity contribution in [1.82, 2.24) is 10.2 Å². The van der Waals surface area contributed by atoms with Gasteiger partial charge in [-0.05, 0) is 31.6 Å². The molecule has 0 aromatic heterocycles. The van der Waals surface area contributed by atoms with Crippen LogP contribution in [0.4, 0.5) is 18.9 Å². The van der Waals surface area contributed by atoms with Gasteiger partial charge in [0.05, 0.1) is 16.6 Å². The SMILES string of the molecule is CC(C=C(N)COc1cccc2c1CN(C1CCC(=O)NC1=O)C2=O)=Nc1c(Cl)cc(OC(F)(F)F)cc1Cl. The van der Waals surface area contributed by atoms with Crippen LogP contribution < -0.4 is 20.5 Å². The summed E-state index contributed by atoms with van der Waals surface area (Å²) in [6, 6.07) is 6.07. The van der Waals surface area contributed by atoms with Crippen molar-refractivity contribution in [2.24, 2.45) is 10.7 Å². The van der Waals surface area contributed by atoms with E-state index < -0.39 is 24.1 Å². The molecular formula is C25H21Cl2F3N4O5. The number of hydrogen-bond acceptors (Lipinski definition) is 7. The van der Waals surface area contributed by atoms with E-state index in [1.807, 2.05) is 0 Å². The number of amides is 3. The number of alkyl halides is 3. The van der Waals surface area contributed by atoms with E-state index in [1.165, 1.54) is 11.0 Å². The highest BCUT2D eigenvalue weighted by Crippen LogP contribution is 2.39. The highest BCUT2D eigenvalue weighted by Gasteiger charge is 2.40. The Balaban J connectivity index is 1.45. The number of imide groups is 1. The number of hydrogen-bond donors (Lipinski definition) is 2. The predicted molar refractivity (Wildman–Crippen MR) is 136 cm³/mol. The third-order valence-electron chi connectivity index (χ3n) is 5.84. The first-order valence-corrected chi connectivity index (χ1v) is 12.2. The van der Waals surface area contributed by atoms with Gasteiger partial charge in [0, 0.05) is 41.1 Å². The molecule has 1 atom stereocenters. The Morgan fingerprint density at radius 3 is 2.56 bits per heavy atom. The number of rotatable bonds is 7. The van der Waals surface area contributed by atoms with E-state index in [0.717, 1.165) is 12.1 Å². The van der Waals surface area contributed by atoms with E-state index in [9.17, 15) is 27.6 Å². The molecule has 1 unspecified atom stereocenters. The number of aliphatic imine (C=N–C) groups is 1. The molecule has 1 fully saturated rings. The van der Waals surface area contributed by atoms with Crippen LogP contribution in [0.5, 0.6) is 11.5 Å². The number of carbonyl (C=O) groups excluding carboxylic acids is 3. The second-order valence-electron chi connectivity index (χ2n) is 8.73. The molecule has 14 heteroatoms. The molecule has 0 saturated carbocycles. The number of nitrogens with one attached hydrogen (secondary N) is 1. The Morgan fingerprint density at radius 1 is 1.23 bits per heavy atom. The fourth-order valence-corrected chi connectivity index (χ4v) is 4.77. The smallest absolute Gasteiger partial charge is 0.487 e. The molecule has 0 radical (unpaired) electrons. The Labute approximate surface area is 230 Å². The van der Waals surface area contributed by atoms with Crippen molar-refractivity contribution in [2.45, 2.75) is 38.7 Å². The van der Waals surface area contributed by atoms with Crippen molar-refractivity contribution in [3.05, 3.63) is 63.3 Å². The van der Waals surface area contributed by atoms with Crippen LogP contribution in [0.1, 0.15) is 35.7 Å². The average Bonchev–Trinajstić information content (AvgIpc) is 3.16. The lowest BCUT2D eigenvalue weighted by atomic mass is 10.0. The summed E-state index contributed by atoms with van der Waals surface area (Å²) in [5.41, 5.74) is 7.66. The number of nitrogens with two attached hydrogens (primary N) is 1. The summed E-state index contributed by atoms with van der Waals surface area (Å²) >= 11 is 12.1. The molecule has 4 rings (SSSR count). The van der Waals surface area contributed by atoms with Gasteiger partial charge in [0.25, 0.3) is 5.91 Å².